The van der Waals surface area contributed by atoms with Crippen molar-refractivity contribution in [3.05, 3.63) is 0 Å². The zero-order valence-electron chi connectivity index (χ0n) is 4.37. The average molecular weight is 121 g/mol. The zero-order valence-corrected chi connectivity index (χ0v) is 6.28. The van der Waals surface area contributed by atoms with Crippen LogP contribution in [0.25, 0.3) is 0 Å². The van der Waals surface area contributed by atoms with Crippen molar-refractivity contribution < 1.29 is 0 Å². The molecule has 0 fully saturated rings. The van der Waals surface area contributed by atoms with Crippen LogP contribution in [0.1, 0.15) is 6.92 Å². The molecule has 0 rings (SSSR count). The minimum absolute atomic E-state index is 0.395. The van der Waals surface area contributed by atoms with Crippen molar-refractivity contribution in [1.82, 2.24) is 0 Å². The van der Waals surface area contributed by atoms with Crippen LogP contribution in [0.5, 0.6) is 0 Å². The summed E-state index contributed by atoms with van der Waals surface area (Å²) in [7, 11) is 0. The first-order chi connectivity index (χ1) is 2.81. The molecule has 0 saturated heterocycles. The lowest BCUT2D eigenvalue weighted by atomic mass is 11.0. The smallest absolute Gasteiger partial charge is 0.143 e. The molecule has 0 spiro atoms. The summed E-state index contributed by atoms with van der Waals surface area (Å²) in [4.78, 5) is 0. The van der Waals surface area contributed by atoms with Crippen LogP contribution in [0.2, 0.25) is 11.1 Å². The highest BCUT2D eigenvalue weighted by Gasteiger charge is 2.01. The van der Waals surface area contributed by atoms with E-state index in [1.54, 1.807) is 0 Å². The van der Waals surface area contributed by atoms with Gasteiger partial charge in [-0.15, -0.1) is 17.4 Å². The summed E-state index contributed by atoms with van der Waals surface area (Å²) < 4.78 is 0.941. The third-order valence-electron chi connectivity index (χ3n) is 0.960. The predicted molar refractivity (Wildman–Crippen MR) is 32.8 cm³/mol. The zero-order chi connectivity index (χ0) is 4.99. The Kier molecular flexibility index (Phi) is 4.54. The fourth-order valence-corrected chi connectivity index (χ4v) is 0.982. The normalized spacial score (nSPS) is 8.50. The molecule has 0 nitrogen and oxygen atoms in total. The topological polar surface area (TPSA) is 0 Å². The fourth-order valence-electron chi connectivity index (χ4n) is 0.109. The Bertz CT molecular complexity index is 26.7. The van der Waals surface area contributed by atoms with Gasteiger partial charge >= 0.3 is 0 Å². The lowest BCUT2D eigenvalue weighted by Crippen LogP contribution is -2.05. The van der Waals surface area contributed by atoms with E-state index in [1.807, 2.05) is 0 Å². The molecule has 0 aliphatic rings. The Morgan fingerprint density at radius 2 is 2.17 bits per heavy atom. The predicted octanol–water partition coefficient (Wildman–Crippen LogP) is 1.91. The summed E-state index contributed by atoms with van der Waals surface area (Å²) >= 11 is 5.12. The molecule has 0 saturated carbocycles. The van der Waals surface area contributed by atoms with Gasteiger partial charge in [-0.2, -0.15) is 0 Å². The second-order valence-electron chi connectivity index (χ2n) is 1.67. The van der Waals surface area contributed by atoms with Crippen LogP contribution in [0.4, 0.5) is 0 Å². The van der Waals surface area contributed by atoms with Crippen molar-refractivity contribution in [2.24, 2.45) is 0 Å². The Morgan fingerprint density at radius 1 is 1.67 bits per heavy atom. The van der Waals surface area contributed by atoms with Gasteiger partial charge in [0, 0.05) is 0 Å². The van der Waals surface area contributed by atoms with E-state index in [0.29, 0.717) is 0 Å². The van der Waals surface area contributed by atoms with E-state index in [0.717, 1.165) is 4.74 Å². The van der Waals surface area contributed by atoms with Crippen LogP contribution in [0.3, 0.4) is 0 Å². The molecule has 36 valence electrons. The number of alkyl halides is 1. The molecule has 0 unspecified atom stereocenters. The number of rotatable bonds is 2. The molecule has 0 heterocycles. The molecule has 0 aliphatic heterocycles. The molecule has 0 aromatic rings. The van der Waals surface area contributed by atoms with Gasteiger partial charge in [0.2, 0.25) is 0 Å². The lowest BCUT2D eigenvalue weighted by Gasteiger charge is -1.88. The monoisotopic (exact) mass is 120 g/mol. The maximum atomic E-state index is 5.51. The molecule has 0 radical (unpaired) electrons. The molecule has 0 bridgehead atoms. The first-order valence-electron chi connectivity index (χ1n) is 2.37. The molecule has 2 heteroatoms. The van der Waals surface area contributed by atoms with Crippen LogP contribution in [-0.4, -0.2) is 18.9 Å². The van der Waals surface area contributed by atoms with Crippen molar-refractivity contribution in [2.45, 2.75) is 18.0 Å². The van der Waals surface area contributed by atoms with Crippen molar-refractivity contribution in [3.63, 3.8) is 0 Å². The molecule has 0 atom stereocenters. The van der Waals surface area contributed by atoms with Crippen molar-refractivity contribution in [3.8, 4) is 0 Å². The largest absolute Gasteiger partial charge is 0.279 e. The summed E-state index contributed by atoms with van der Waals surface area (Å²) in [6, 6.07) is 0. The van der Waals surface area contributed by atoms with E-state index in [4.69, 9.17) is 11.6 Å². The third-order valence-corrected chi connectivity index (χ3v) is 4.46. The Morgan fingerprint density at radius 3 is 2.17 bits per heavy atom. The summed E-state index contributed by atoms with van der Waals surface area (Å²) in [6.07, 6.45) is 0. The maximum absolute atomic E-state index is 5.51. The van der Waals surface area contributed by atoms with Gasteiger partial charge in [-0.05, 0) is 4.74 Å². The maximum Gasteiger partial charge on any atom is 0.279 e. The van der Waals surface area contributed by atoms with Crippen LogP contribution < -0.4 is 0 Å². The van der Waals surface area contributed by atoms with Gasteiger partial charge in [0.05, 0.1) is 0 Å². The molecular formula is C4H10AlCl. The fraction of sp³-hybridized carbons (Fsp3) is 1.00. The van der Waals surface area contributed by atoms with Crippen molar-refractivity contribution in [1.29, 1.82) is 0 Å². The molecule has 0 aliphatic carbocycles. The van der Waals surface area contributed by atoms with Crippen molar-refractivity contribution >= 4 is 25.7 Å². The highest BCUT2D eigenvalue weighted by molar-refractivity contribution is 6.65. The van der Waals surface area contributed by atoms with Gasteiger partial charge < -0.3 is 0 Å². The quantitative estimate of drug-likeness (QED) is 0.386. The minimum atomic E-state index is -0.395. The number of hydrogen-bond acceptors (Lipinski definition) is 0. The summed E-state index contributed by atoms with van der Waals surface area (Å²) in [5.74, 6) is 2.28. The van der Waals surface area contributed by atoms with E-state index in [2.05, 4.69) is 12.7 Å². The van der Waals surface area contributed by atoms with Gasteiger partial charge in [-0.25, -0.2) is 0 Å². The van der Waals surface area contributed by atoms with E-state index in [1.165, 1.54) is 5.28 Å². The Balaban J connectivity index is 2.75. The second-order valence-corrected chi connectivity index (χ2v) is 5.93. The number of halogens is 1. The van der Waals surface area contributed by atoms with Crippen LogP contribution in [0.15, 0.2) is 0 Å². The minimum Gasteiger partial charge on any atom is -0.143 e. The second kappa shape index (κ2) is 3.99. The van der Waals surface area contributed by atoms with Crippen LogP contribution in [0, 0.1) is 0 Å². The third kappa shape index (κ3) is 3.03. The van der Waals surface area contributed by atoms with Crippen molar-refractivity contribution in [2.75, 3.05) is 4.74 Å². The summed E-state index contributed by atoms with van der Waals surface area (Å²) in [5.41, 5.74) is 0. The SMILES string of the molecule is C[CH2][Al]([CH3])[CH2]Cl. The average Bonchev–Trinajstić information content (AvgIpc) is 1.65. The number of hydrogen-bond donors (Lipinski definition) is 0. The van der Waals surface area contributed by atoms with E-state index >= 15 is 0 Å². The standard InChI is InChI=1S/C2H5.CH2Cl.CH3.Al/c2*1-2;;/h1H2,2H3;1H2;1H3;. The Labute approximate surface area is 48.9 Å². The highest BCUT2D eigenvalue weighted by Crippen LogP contribution is 1.90. The molecular weight excluding hydrogens is 110 g/mol. The van der Waals surface area contributed by atoms with E-state index in [9.17, 15) is 0 Å². The van der Waals surface area contributed by atoms with Gasteiger partial charge in [-0.1, -0.05) is 12.2 Å². The first-order valence-corrected chi connectivity index (χ1v) is 5.69. The van der Waals surface area contributed by atoms with Crippen LogP contribution >= 0.6 is 11.6 Å². The molecule has 0 aromatic carbocycles. The molecule has 0 amide bonds. The highest BCUT2D eigenvalue weighted by atomic mass is 35.5. The first kappa shape index (κ1) is 6.82. The molecule has 6 heavy (non-hydrogen) atoms. The van der Waals surface area contributed by atoms with Gasteiger partial charge in [0.25, 0.3) is 14.1 Å². The summed E-state index contributed by atoms with van der Waals surface area (Å²) in [5, 5.41) is 1.34. The molecule has 0 N–H and O–H groups in total. The van der Waals surface area contributed by atoms with E-state index in [-0.39, 0.29) is 0 Å². The van der Waals surface area contributed by atoms with Gasteiger partial charge in [0.15, 0.2) is 0 Å². The summed E-state index contributed by atoms with van der Waals surface area (Å²) in [6.45, 7) is 2.21. The van der Waals surface area contributed by atoms with Gasteiger partial charge in [-0.3, -0.25) is 0 Å². The van der Waals surface area contributed by atoms with E-state index < -0.39 is 14.1 Å². The van der Waals surface area contributed by atoms with Crippen LogP contribution in [-0.2, 0) is 0 Å². The molecule has 0 aromatic heterocycles. The van der Waals surface area contributed by atoms with Gasteiger partial charge in [0.1, 0.15) is 0 Å². The Hall–Kier alpha value is 0.822. The lowest BCUT2D eigenvalue weighted by molar-refractivity contribution is 1.41.